The van der Waals surface area contributed by atoms with Crippen molar-refractivity contribution in [2.45, 2.75) is 52.1 Å². The molecule has 2 aromatic carbocycles. The van der Waals surface area contributed by atoms with E-state index in [1.165, 1.54) is 19.3 Å². The largest absolute Gasteiger partial charge is 0 e. The minimum absolute atomic E-state index is 0. The van der Waals surface area contributed by atoms with Gasteiger partial charge in [0.2, 0.25) is 0 Å². The summed E-state index contributed by atoms with van der Waals surface area (Å²) in [6.07, 6.45) is 12.9. The van der Waals surface area contributed by atoms with Crippen LogP contribution < -0.4 is 10.6 Å². The molecule has 0 aromatic heterocycles. The van der Waals surface area contributed by atoms with Gasteiger partial charge in [0.05, 0.1) is 12.0 Å². The Morgan fingerprint density at radius 2 is 1.42 bits per heavy atom. The molecule has 1 fully saturated rings. The SMILES string of the molecule is CC(C)[C@H]1CC[C@H](C)C[C@H]1P(c1ccccc1)c1ccccc1.N#C[C@H]1C=CC=CC1.[C-]#[O+].[C-]#[O+].[Fe]. The van der Waals surface area contributed by atoms with E-state index in [2.05, 4.69) is 101 Å². The van der Waals surface area contributed by atoms with Crippen molar-refractivity contribution in [1.29, 1.82) is 5.26 Å². The van der Waals surface area contributed by atoms with Gasteiger partial charge < -0.3 is 0 Å². The summed E-state index contributed by atoms with van der Waals surface area (Å²) in [5.74, 6) is 2.63. The average molecular weight is 541 g/mol. The number of hydrogen-bond donors (Lipinski definition) is 0. The van der Waals surface area contributed by atoms with E-state index in [9.17, 15) is 0 Å². The molecule has 0 amide bonds. The maximum absolute atomic E-state index is 8.36. The molecule has 0 radical (unpaired) electrons. The van der Waals surface area contributed by atoms with E-state index in [0.717, 1.165) is 29.8 Å². The molecule has 3 nitrogen and oxygen atoms in total. The van der Waals surface area contributed by atoms with Gasteiger partial charge in [-0.15, -0.1) is 0 Å². The topological polar surface area (TPSA) is 63.6 Å². The van der Waals surface area contributed by atoms with Crippen LogP contribution in [0.25, 0.3) is 0 Å². The summed E-state index contributed by atoms with van der Waals surface area (Å²) in [5, 5.41) is 11.5. The Labute approximate surface area is 229 Å². The first kappa shape index (κ1) is 33.8. The van der Waals surface area contributed by atoms with E-state index in [1.807, 2.05) is 24.3 Å². The first-order chi connectivity index (χ1) is 17.1. The van der Waals surface area contributed by atoms with Crippen molar-refractivity contribution in [1.82, 2.24) is 0 Å². The van der Waals surface area contributed by atoms with E-state index >= 15 is 0 Å². The van der Waals surface area contributed by atoms with E-state index in [-0.39, 0.29) is 30.9 Å². The van der Waals surface area contributed by atoms with Crippen LogP contribution in [-0.4, -0.2) is 5.66 Å². The Bertz CT molecular complexity index is 934. The summed E-state index contributed by atoms with van der Waals surface area (Å²) in [4.78, 5) is 0. The van der Waals surface area contributed by atoms with Gasteiger partial charge in [0.1, 0.15) is 0 Å². The number of nitrogens with zero attached hydrogens (tertiary/aromatic N) is 1. The summed E-state index contributed by atoms with van der Waals surface area (Å²) in [7, 11) is -0.267. The van der Waals surface area contributed by atoms with Gasteiger partial charge in [-0.05, 0) is 61.2 Å². The molecule has 2 aliphatic carbocycles. The zero-order valence-corrected chi connectivity index (χ0v) is 23.4. The molecule has 2 aromatic rings. The van der Waals surface area contributed by atoms with Gasteiger partial charge in [0.15, 0.2) is 0 Å². The zero-order valence-electron chi connectivity index (χ0n) is 21.4. The molecule has 0 saturated heterocycles. The Balaban J connectivity index is 0.000000794. The van der Waals surface area contributed by atoms with E-state index in [4.69, 9.17) is 14.6 Å². The molecule has 190 valence electrons. The molecule has 0 unspecified atom stereocenters. The number of benzene rings is 2. The normalized spacial score (nSPS) is 21.7. The quantitative estimate of drug-likeness (QED) is 0.176. The standard InChI is InChI=1S/C22H29P.C7H7N.2CO.Fe/c1-17(2)21-15-14-18(3)16-22(21)23(19-10-6-4-7-11-19)20-12-8-5-9-13-20;8-6-7-4-2-1-3-5-7;2*1-2;/h4-13,17-18,21-22H,14-16H2,1-3H3;1-4,7H,5H2;;;/t18-,21+,22+;7-;;;/m00.../s1. The van der Waals surface area contributed by atoms with Crippen LogP contribution in [0.2, 0.25) is 0 Å². The Morgan fingerprint density at radius 3 is 1.81 bits per heavy atom. The van der Waals surface area contributed by atoms with E-state index in [0.29, 0.717) is 0 Å². The van der Waals surface area contributed by atoms with Crippen LogP contribution in [0.3, 0.4) is 0 Å². The Kier molecular flexibility index (Phi) is 18.8. The van der Waals surface area contributed by atoms with Crippen molar-refractivity contribution in [3.8, 4) is 6.07 Å². The first-order valence-corrected chi connectivity index (χ1v) is 13.5. The molecule has 0 bridgehead atoms. The van der Waals surface area contributed by atoms with E-state index in [1.54, 1.807) is 10.6 Å². The summed E-state index contributed by atoms with van der Waals surface area (Å²) >= 11 is 0. The smallest absolute Gasteiger partial charge is 0 e. The second-order valence-electron chi connectivity index (χ2n) is 9.22. The van der Waals surface area contributed by atoms with Crippen molar-refractivity contribution < 1.29 is 26.4 Å². The molecule has 1 saturated carbocycles. The molecule has 0 spiro atoms. The molecule has 2 aliphatic rings. The van der Waals surface area contributed by atoms with Crippen LogP contribution in [0.1, 0.15) is 46.5 Å². The van der Waals surface area contributed by atoms with Crippen molar-refractivity contribution in [3.63, 3.8) is 0 Å². The average Bonchev–Trinajstić information content (AvgIpc) is 2.93. The second-order valence-corrected chi connectivity index (χ2v) is 11.7. The number of allylic oxidation sites excluding steroid dienone is 4. The third-order valence-corrected chi connectivity index (χ3v) is 9.50. The number of nitriles is 1. The molecule has 4 rings (SSSR count). The third-order valence-electron chi connectivity index (χ3n) is 6.53. The van der Waals surface area contributed by atoms with Crippen molar-refractivity contribution in [3.05, 3.63) is 98.3 Å². The summed E-state index contributed by atoms with van der Waals surface area (Å²) in [5.41, 5.74) is 0.818. The van der Waals surface area contributed by atoms with Gasteiger partial charge in [-0.3, -0.25) is 0 Å². The van der Waals surface area contributed by atoms with Gasteiger partial charge in [-0.1, -0.05) is 112 Å². The zero-order chi connectivity index (χ0) is 26.1. The second kappa shape index (κ2) is 20.0. The first-order valence-electron chi connectivity index (χ1n) is 12.1. The molecular formula is C31H36FeNO2P. The van der Waals surface area contributed by atoms with Crippen LogP contribution in [0, 0.1) is 48.3 Å². The van der Waals surface area contributed by atoms with Gasteiger partial charge in [0, 0.05) is 17.1 Å². The predicted molar refractivity (Wildman–Crippen MR) is 144 cm³/mol. The van der Waals surface area contributed by atoms with Crippen LogP contribution in [0.5, 0.6) is 0 Å². The van der Waals surface area contributed by atoms with E-state index < -0.39 is 0 Å². The summed E-state index contributed by atoms with van der Waals surface area (Å²) < 4.78 is 15.0. The fraction of sp³-hybridized carbons (Fsp3) is 0.387. The minimum atomic E-state index is -0.267. The van der Waals surface area contributed by atoms with Crippen LogP contribution in [0.15, 0.2) is 85.0 Å². The predicted octanol–water partition coefficient (Wildman–Crippen LogP) is 7.14. The van der Waals surface area contributed by atoms with Crippen LogP contribution in [-0.2, 0) is 26.4 Å². The third kappa shape index (κ3) is 10.8. The minimum Gasteiger partial charge on any atom is 0 e. The van der Waals surface area contributed by atoms with Gasteiger partial charge in [-0.25, -0.2) is 0 Å². The molecule has 36 heavy (non-hydrogen) atoms. The fourth-order valence-corrected chi connectivity index (χ4v) is 8.33. The molecule has 0 heterocycles. The van der Waals surface area contributed by atoms with Crippen LogP contribution in [0.4, 0.5) is 0 Å². The number of rotatable bonds is 4. The fourth-order valence-electron chi connectivity index (χ4n) is 4.83. The van der Waals surface area contributed by atoms with Gasteiger partial charge >= 0.3 is 22.6 Å². The maximum Gasteiger partial charge on any atom is 0 e. The molecule has 0 aliphatic heterocycles. The molecule has 5 heteroatoms. The monoisotopic (exact) mass is 541 g/mol. The van der Waals surface area contributed by atoms with Crippen molar-refractivity contribution in [2.24, 2.45) is 23.7 Å². The molecule has 4 atom stereocenters. The maximum atomic E-state index is 8.36. The number of hydrogen-bond acceptors (Lipinski definition) is 1. The summed E-state index contributed by atoms with van der Waals surface area (Å²) in [6, 6.07) is 24.7. The van der Waals surface area contributed by atoms with Gasteiger partial charge in [0.25, 0.3) is 0 Å². The molecular weight excluding hydrogens is 505 g/mol. The summed E-state index contributed by atoms with van der Waals surface area (Å²) in [6.45, 7) is 16.3. The van der Waals surface area contributed by atoms with Crippen molar-refractivity contribution in [2.75, 3.05) is 0 Å². The van der Waals surface area contributed by atoms with Crippen LogP contribution >= 0.6 is 7.92 Å². The van der Waals surface area contributed by atoms with Gasteiger partial charge in [-0.2, -0.15) is 5.26 Å². The Morgan fingerprint density at radius 1 is 0.889 bits per heavy atom. The molecule has 0 N–H and O–H groups in total. The van der Waals surface area contributed by atoms with Crippen molar-refractivity contribution >= 4 is 18.5 Å². The Hall–Kier alpha value is -2.16.